The highest BCUT2D eigenvalue weighted by Gasteiger charge is 2.46. The molecule has 27 nitrogen and oxygen atoms in total. The van der Waals surface area contributed by atoms with Gasteiger partial charge in [0, 0.05) is 24.3 Å². The summed E-state index contributed by atoms with van der Waals surface area (Å²) in [6.45, 7) is 4.59. The van der Waals surface area contributed by atoms with E-state index in [0.717, 1.165) is 0 Å². The van der Waals surface area contributed by atoms with Crippen molar-refractivity contribution in [3.05, 3.63) is 48.5 Å². The fourth-order valence-electron chi connectivity index (χ4n) is 8.26. The number of aliphatic hydroxyl groups is 8. The van der Waals surface area contributed by atoms with E-state index in [0.29, 0.717) is 17.8 Å². The number of carbonyl (C=O) groups is 7. The summed E-state index contributed by atoms with van der Waals surface area (Å²) in [5.41, 5.74) is 6.78. The number of nitrogens with one attached hydrogen (secondary N) is 6. The lowest BCUT2D eigenvalue weighted by molar-refractivity contribution is -0.277. The van der Waals surface area contributed by atoms with Crippen molar-refractivity contribution in [1.29, 1.82) is 0 Å². The van der Waals surface area contributed by atoms with Crippen molar-refractivity contribution in [3.63, 3.8) is 0 Å². The molecular weight excluding hydrogens is 993 g/mol. The molecule has 0 radical (unpaired) electrons. The zero-order valence-corrected chi connectivity index (χ0v) is 41.8. The van der Waals surface area contributed by atoms with Gasteiger partial charge < -0.3 is 102 Å². The van der Waals surface area contributed by atoms with E-state index >= 15 is 0 Å². The lowest BCUT2D eigenvalue weighted by Gasteiger charge is -2.39. The molecule has 16 N–H and O–H groups in total. The summed E-state index contributed by atoms with van der Waals surface area (Å²) in [6, 6.07) is 7.17. The standard InChI is InChI=1S/C48H70N8O19/c1-22(2)35(45(70)51-18-33(60)53-25-9-13-27(14-10-25)73-48-42(67)40(65)38(63)31(21-58)75-48)54-34(61)19-50-44(69)29-6-5-17-56(29)46(71)36(23(3)4)55-43(68)28(49)15-16-32(59)52-24-7-11-26(12-8-24)72-47-41(66)39(64)37(62)30(20-57)74-47/h7-14,22-23,28-31,35-42,47-48,57-58,62-67H,5-6,15-21,49H2,1-4H3,(H,50,69)(H,51,70)(H,52,59)(H,53,60)(H,54,61)(H,55,68)/t28-,29-,30-,31-,35-,36-,37-,38-,39+,40+,41+,42+,47+,48+/m0/s1. The van der Waals surface area contributed by atoms with Crippen LogP contribution < -0.4 is 47.1 Å². The molecule has 3 heterocycles. The van der Waals surface area contributed by atoms with Gasteiger partial charge in [0.1, 0.15) is 78.5 Å². The van der Waals surface area contributed by atoms with Crippen molar-refractivity contribution >= 4 is 52.7 Å². The van der Waals surface area contributed by atoms with Crippen LogP contribution in [-0.4, -0.2) is 206 Å². The van der Waals surface area contributed by atoms with Gasteiger partial charge in [-0.25, -0.2) is 0 Å². The molecule has 3 aliphatic rings. The Bertz CT molecular complexity index is 2260. The fourth-order valence-corrected chi connectivity index (χ4v) is 8.26. The molecule has 0 spiro atoms. The Hall–Kier alpha value is -6.11. The predicted octanol–water partition coefficient (Wildman–Crippen LogP) is -4.77. The maximum atomic E-state index is 13.9. The Morgan fingerprint density at radius 1 is 0.627 bits per heavy atom. The fraction of sp³-hybridized carbons (Fsp3) is 0.604. The van der Waals surface area contributed by atoms with Crippen LogP contribution in [0.2, 0.25) is 0 Å². The maximum Gasteiger partial charge on any atom is 0.246 e. The minimum Gasteiger partial charge on any atom is -0.462 e. The molecule has 27 heteroatoms. The molecule has 7 amide bonds. The van der Waals surface area contributed by atoms with E-state index in [-0.39, 0.29) is 37.3 Å². The smallest absolute Gasteiger partial charge is 0.246 e. The number of nitrogens with zero attached hydrogens (tertiary/aromatic N) is 1. The van der Waals surface area contributed by atoms with Crippen LogP contribution >= 0.6 is 0 Å². The molecule has 3 fully saturated rings. The minimum atomic E-state index is -1.63. The normalized spacial score (nSPS) is 26.8. The third kappa shape index (κ3) is 16.2. The minimum absolute atomic E-state index is 0.102. The number of benzene rings is 2. The van der Waals surface area contributed by atoms with E-state index in [1.165, 1.54) is 53.4 Å². The van der Waals surface area contributed by atoms with Crippen LogP contribution in [0, 0.1) is 11.8 Å². The molecular formula is C48H70N8O19. The van der Waals surface area contributed by atoms with Crippen molar-refractivity contribution in [3.8, 4) is 11.5 Å². The summed E-state index contributed by atoms with van der Waals surface area (Å²) < 4.78 is 21.8. The molecule has 3 aliphatic heterocycles. The van der Waals surface area contributed by atoms with Crippen LogP contribution in [0.15, 0.2) is 48.5 Å². The molecule has 3 saturated heterocycles. The van der Waals surface area contributed by atoms with Crippen LogP contribution in [0.4, 0.5) is 11.4 Å². The first kappa shape index (κ1) is 59.8. The molecule has 0 unspecified atom stereocenters. The van der Waals surface area contributed by atoms with Crippen LogP contribution in [0.3, 0.4) is 0 Å². The van der Waals surface area contributed by atoms with Gasteiger partial charge in [-0.2, -0.15) is 0 Å². The number of rotatable bonds is 23. The van der Waals surface area contributed by atoms with Crippen molar-refractivity contribution in [1.82, 2.24) is 26.2 Å². The molecule has 75 heavy (non-hydrogen) atoms. The molecule has 0 aliphatic carbocycles. The zero-order chi connectivity index (χ0) is 55.3. The van der Waals surface area contributed by atoms with Crippen molar-refractivity contribution in [2.45, 2.75) is 139 Å². The summed E-state index contributed by atoms with van der Waals surface area (Å²) >= 11 is 0. The molecule has 0 aromatic heterocycles. The number of ether oxygens (including phenoxy) is 4. The quantitative estimate of drug-likeness (QED) is 0.0497. The van der Waals surface area contributed by atoms with Crippen LogP contribution in [0.5, 0.6) is 11.5 Å². The molecule has 2 aromatic rings. The van der Waals surface area contributed by atoms with Gasteiger partial charge >= 0.3 is 0 Å². The number of nitrogens with two attached hydrogens (primary N) is 1. The Labute approximate surface area is 431 Å². The van der Waals surface area contributed by atoms with Gasteiger partial charge in [0.05, 0.1) is 32.3 Å². The Kier molecular flexibility index (Phi) is 22.0. The summed E-state index contributed by atoms with van der Waals surface area (Å²) in [6.07, 6.45) is -14.3. The second-order valence-electron chi connectivity index (χ2n) is 19.1. The first-order valence-corrected chi connectivity index (χ1v) is 24.5. The van der Waals surface area contributed by atoms with Crippen LogP contribution in [0.25, 0.3) is 0 Å². The van der Waals surface area contributed by atoms with Gasteiger partial charge in [-0.3, -0.25) is 33.6 Å². The zero-order valence-electron chi connectivity index (χ0n) is 41.8. The topological polar surface area (TPSA) is 420 Å². The monoisotopic (exact) mass is 1060 g/mol. The second-order valence-corrected chi connectivity index (χ2v) is 19.1. The third-order valence-electron chi connectivity index (χ3n) is 12.7. The number of aliphatic hydroxyl groups excluding tert-OH is 8. The van der Waals surface area contributed by atoms with E-state index in [1.807, 2.05) is 0 Å². The number of hydrogen-bond donors (Lipinski definition) is 15. The summed E-state index contributed by atoms with van der Waals surface area (Å²) in [5.74, 6) is -5.00. The largest absolute Gasteiger partial charge is 0.462 e. The first-order valence-electron chi connectivity index (χ1n) is 24.5. The molecule has 2 aromatic carbocycles. The molecule has 0 saturated carbocycles. The number of hydrogen-bond acceptors (Lipinski definition) is 20. The van der Waals surface area contributed by atoms with Gasteiger partial charge in [-0.05, 0) is 79.6 Å². The average molecular weight is 1060 g/mol. The van der Waals surface area contributed by atoms with Crippen molar-refractivity contribution < 1.29 is 93.4 Å². The number of amides is 7. The lowest BCUT2D eigenvalue weighted by atomic mass is 9.99. The van der Waals surface area contributed by atoms with E-state index in [4.69, 9.17) is 24.7 Å². The van der Waals surface area contributed by atoms with Crippen LogP contribution in [-0.2, 0) is 43.0 Å². The maximum absolute atomic E-state index is 13.9. The Morgan fingerprint density at radius 3 is 1.59 bits per heavy atom. The van der Waals surface area contributed by atoms with E-state index in [1.54, 1.807) is 27.7 Å². The van der Waals surface area contributed by atoms with Gasteiger partial charge in [-0.15, -0.1) is 0 Å². The Balaban J connectivity index is 1.03. The van der Waals surface area contributed by atoms with Crippen molar-refractivity contribution in [2.75, 3.05) is 43.5 Å². The molecule has 0 bridgehead atoms. The molecule has 416 valence electrons. The van der Waals surface area contributed by atoms with E-state index < -0.39 is 165 Å². The second kappa shape index (κ2) is 27.6. The number of carbonyl (C=O) groups excluding carboxylic acids is 7. The van der Waals surface area contributed by atoms with Gasteiger partial charge in [0.2, 0.25) is 53.9 Å². The third-order valence-corrected chi connectivity index (χ3v) is 12.7. The highest BCUT2D eigenvalue weighted by atomic mass is 16.7. The van der Waals surface area contributed by atoms with Gasteiger partial charge in [-0.1, -0.05) is 27.7 Å². The predicted molar refractivity (Wildman–Crippen MR) is 260 cm³/mol. The molecule has 14 atom stereocenters. The van der Waals surface area contributed by atoms with Gasteiger partial charge in [0.25, 0.3) is 0 Å². The Morgan fingerprint density at radius 2 is 1.11 bits per heavy atom. The van der Waals surface area contributed by atoms with Crippen LogP contribution in [0.1, 0.15) is 53.4 Å². The highest BCUT2D eigenvalue weighted by Crippen LogP contribution is 2.27. The summed E-state index contributed by atoms with van der Waals surface area (Å²) in [7, 11) is 0. The van der Waals surface area contributed by atoms with E-state index in [2.05, 4.69) is 31.9 Å². The lowest BCUT2D eigenvalue weighted by Crippen LogP contribution is -2.60. The average Bonchev–Trinajstić information content (AvgIpc) is 3.89. The highest BCUT2D eigenvalue weighted by molar-refractivity contribution is 5.97. The number of likely N-dealkylation sites (tertiary alicyclic amines) is 1. The van der Waals surface area contributed by atoms with Gasteiger partial charge in [0.15, 0.2) is 0 Å². The SMILES string of the molecule is CC(C)[C@H](NC(=O)CNC(=O)[C@@H]1CCCN1C(=O)[C@@H](NC(=O)[C@@H](N)CCC(=O)Nc1ccc(O[C@@H]2O[C@@H](CO)[C@H](O)[C@@H](O)[C@H]2O)cc1)C(C)C)C(=O)NCC(=O)Nc1ccc(O[C@@H]2O[C@@H](CO)[C@H](O)[C@@H](O)[C@H]2O)cc1. The number of anilines is 2. The summed E-state index contributed by atoms with van der Waals surface area (Å²) in [5, 5.41) is 94.6. The van der Waals surface area contributed by atoms with E-state index in [9.17, 15) is 74.4 Å². The molecule has 5 rings (SSSR count). The van der Waals surface area contributed by atoms with Crippen molar-refractivity contribution in [2.24, 2.45) is 17.6 Å². The summed E-state index contributed by atoms with van der Waals surface area (Å²) in [4.78, 5) is 93.6. The first-order chi connectivity index (χ1) is 35.5.